The molecule has 2 heterocycles. The zero-order chi connectivity index (χ0) is 16.4. The number of guanidine groups is 1. The second kappa shape index (κ2) is 9.29. The Hall–Kier alpha value is -1.47. The molecule has 25 heavy (non-hydrogen) atoms. The first-order valence-corrected chi connectivity index (χ1v) is 8.08. The summed E-state index contributed by atoms with van der Waals surface area (Å²) in [6, 6.07) is 9.47. The highest BCUT2D eigenvalue weighted by molar-refractivity contribution is 6.20. The number of halogens is 3. The second-order valence-corrected chi connectivity index (χ2v) is 6.42. The monoisotopic (exact) mass is 405 g/mol. The average molecular weight is 407 g/mol. The number of benzene rings is 1. The third-order valence-corrected chi connectivity index (χ3v) is 4.51. The molecule has 1 aliphatic rings. The van der Waals surface area contributed by atoms with E-state index < -0.39 is 0 Å². The molecule has 1 aromatic heterocycles. The second-order valence-electron chi connectivity index (χ2n) is 5.80. The smallest absolute Gasteiger partial charge is 0.277 e. The van der Waals surface area contributed by atoms with Crippen LogP contribution in [0.25, 0.3) is 10.9 Å². The number of rotatable bonds is 4. The number of nitrogens with zero attached hydrogens (tertiary/aromatic N) is 2. The quantitative estimate of drug-likeness (QED) is 0.414. The van der Waals surface area contributed by atoms with Gasteiger partial charge in [-0.2, -0.15) is 0 Å². The van der Waals surface area contributed by atoms with Gasteiger partial charge in [-0.3, -0.25) is 15.1 Å². The van der Waals surface area contributed by atoms with E-state index in [0.717, 1.165) is 30.4 Å². The van der Waals surface area contributed by atoms with Crippen LogP contribution < -0.4 is 5.73 Å². The molecule has 4 N–H and O–H groups in total. The van der Waals surface area contributed by atoms with Gasteiger partial charge in [0, 0.05) is 35.9 Å². The van der Waals surface area contributed by atoms with E-state index in [2.05, 4.69) is 9.88 Å². The minimum Gasteiger partial charge on any atom is -0.370 e. The van der Waals surface area contributed by atoms with Crippen molar-refractivity contribution < 1.29 is 4.79 Å². The number of fused-ring (bicyclic) bond motifs is 1. The van der Waals surface area contributed by atoms with Crippen molar-refractivity contribution >= 4 is 59.2 Å². The van der Waals surface area contributed by atoms with Gasteiger partial charge in [0.1, 0.15) is 5.69 Å². The van der Waals surface area contributed by atoms with Gasteiger partial charge in [-0.15, -0.1) is 36.4 Å². The molecule has 2 aromatic rings. The van der Waals surface area contributed by atoms with Crippen molar-refractivity contribution in [2.75, 3.05) is 26.2 Å². The number of amides is 1. The van der Waals surface area contributed by atoms with Gasteiger partial charge < -0.3 is 15.6 Å². The number of aromatic amines is 1. The molecule has 1 fully saturated rings. The van der Waals surface area contributed by atoms with Gasteiger partial charge in [0.2, 0.25) is 0 Å². The minimum atomic E-state index is -0.282. The number of carbonyl (C=O) groups is 1. The zero-order valence-electron chi connectivity index (χ0n) is 13.6. The van der Waals surface area contributed by atoms with Gasteiger partial charge in [0.05, 0.1) is 0 Å². The Kier molecular flexibility index (Phi) is 8.02. The summed E-state index contributed by atoms with van der Waals surface area (Å²) in [5, 5.41) is 8.84. The molecule has 0 saturated carbocycles. The van der Waals surface area contributed by atoms with E-state index in [4.69, 9.17) is 22.7 Å². The Morgan fingerprint density at radius 3 is 2.72 bits per heavy atom. The summed E-state index contributed by atoms with van der Waals surface area (Å²) >= 11 is 6.09. The van der Waals surface area contributed by atoms with Gasteiger partial charge in [-0.05, 0) is 25.1 Å². The summed E-state index contributed by atoms with van der Waals surface area (Å²) in [7, 11) is 0. The topological polar surface area (TPSA) is 89.2 Å². The number of aromatic nitrogens is 1. The number of carbonyl (C=O) groups excluding carboxylic acids is 1. The Balaban J connectivity index is 0.00000156. The van der Waals surface area contributed by atoms with Crippen molar-refractivity contribution in [2.24, 2.45) is 5.73 Å². The van der Waals surface area contributed by atoms with E-state index >= 15 is 0 Å². The number of hydrogen-bond donors (Lipinski definition) is 3. The maximum Gasteiger partial charge on any atom is 0.277 e. The van der Waals surface area contributed by atoms with Crippen molar-refractivity contribution in [3.05, 3.63) is 36.0 Å². The zero-order valence-corrected chi connectivity index (χ0v) is 16.0. The minimum absolute atomic E-state index is 0. The number of nitrogens with one attached hydrogen (secondary N) is 2. The predicted octanol–water partition coefficient (Wildman–Crippen LogP) is 2.66. The Morgan fingerprint density at radius 1 is 1.40 bits per heavy atom. The Morgan fingerprint density at radius 2 is 2.12 bits per heavy atom. The summed E-state index contributed by atoms with van der Waals surface area (Å²) in [6.45, 7) is 2.77. The highest BCUT2D eigenvalue weighted by Crippen LogP contribution is 2.17. The number of para-hydroxylation sites is 1. The van der Waals surface area contributed by atoms with Crippen LogP contribution in [-0.4, -0.2) is 58.2 Å². The third-order valence-electron chi connectivity index (χ3n) is 4.15. The number of likely N-dealkylation sites (tertiary alicyclic amines) is 1. The molecule has 0 aliphatic carbocycles. The maximum atomic E-state index is 12.7. The molecular formula is C16H22Cl3N5O. The molecule has 1 atom stereocenters. The molecule has 1 unspecified atom stereocenters. The summed E-state index contributed by atoms with van der Waals surface area (Å²) in [4.78, 5) is 19.2. The van der Waals surface area contributed by atoms with Crippen LogP contribution in [-0.2, 0) is 0 Å². The van der Waals surface area contributed by atoms with Gasteiger partial charge in [-0.1, -0.05) is 18.2 Å². The lowest BCUT2D eigenvalue weighted by atomic mass is 10.2. The molecule has 138 valence electrons. The van der Waals surface area contributed by atoms with Crippen molar-refractivity contribution in [3.63, 3.8) is 0 Å². The highest BCUT2D eigenvalue weighted by Gasteiger charge is 2.24. The standard InChI is InChI=1S/C16H20ClN5O.2ClH/c17-12-5-6-21(10-12)7-8-22(16(18)19)15(23)14-9-11-3-1-2-4-13(11)20-14;;/h1-4,9,12,20H,5-8,10H2,(H3,18,19);2*1H. The molecule has 1 saturated heterocycles. The molecule has 6 nitrogen and oxygen atoms in total. The van der Waals surface area contributed by atoms with Gasteiger partial charge in [0.15, 0.2) is 5.96 Å². The third kappa shape index (κ3) is 5.01. The molecule has 0 spiro atoms. The summed E-state index contributed by atoms with van der Waals surface area (Å²) in [6.07, 6.45) is 0.956. The van der Waals surface area contributed by atoms with Crippen molar-refractivity contribution in [3.8, 4) is 0 Å². The van der Waals surface area contributed by atoms with Crippen LogP contribution in [0.1, 0.15) is 16.9 Å². The van der Waals surface area contributed by atoms with Gasteiger partial charge in [-0.25, -0.2) is 0 Å². The van der Waals surface area contributed by atoms with E-state index in [1.807, 2.05) is 24.3 Å². The SMILES string of the molecule is Cl.Cl.N=C(N)N(CCN1CCC(Cl)C1)C(=O)c1cc2ccccc2[nH]1. The van der Waals surface area contributed by atoms with E-state index in [-0.39, 0.29) is 42.1 Å². The number of alkyl halides is 1. The van der Waals surface area contributed by atoms with Gasteiger partial charge in [0.25, 0.3) is 5.91 Å². The van der Waals surface area contributed by atoms with Crippen LogP contribution in [0.4, 0.5) is 0 Å². The molecule has 1 aliphatic heterocycles. The predicted molar refractivity (Wildman–Crippen MR) is 106 cm³/mol. The Bertz CT molecular complexity index is 702. The first-order valence-electron chi connectivity index (χ1n) is 7.64. The fourth-order valence-corrected chi connectivity index (χ4v) is 3.19. The fraction of sp³-hybridized carbons (Fsp3) is 0.375. The number of nitrogens with two attached hydrogens (primary N) is 1. The molecule has 9 heteroatoms. The first-order chi connectivity index (χ1) is 11.0. The largest absolute Gasteiger partial charge is 0.370 e. The van der Waals surface area contributed by atoms with Crippen LogP contribution >= 0.6 is 36.4 Å². The molecular weight excluding hydrogens is 385 g/mol. The van der Waals surface area contributed by atoms with Crippen molar-refractivity contribution in [2.45, 2.75) is 11.8 Å². The lowest BCUT2D eigenvalue weighted by molar-refractivity contribution is 0.0830. The van der Waals surface area contributed by atoms with Crippen LogP contribution in [0.3, 0.4) is 0 Å². The van der Waals surface area contributed by atoms with Crippen LogP contribution in [0, 0.1) is 5.41 Å². The maximum absolute atomic E-state index is 12.7. The van der Waals surface area contributed by atoms with Gasteiger partial charge >= 0.3 is 0 Å². The molecule has 1 aromatic carbocycles. The number of hydrogen-bond acceptors (Lipinski definition) is 3. The lowest BCUT2D eigenvalue weighted by Gasteiger charge is -2.23. The summed E-state index contributed by atoms with van der Waals surface area (Å²) in [5.41, 5.74) is 6.95. The molecule has 3 rings (SSSR count). The van der Waals surface area contributed by atoms with E-state index in [0.29, 0.717) is 18.8 Å². The summed E-state index contributed by atoms with van der Waals surface area (Å²) < 4.78 is 0. The van der Waals surface area contributed by atoms with Crippen LogP contribution in [0.15, 0.2) is 30.3 Å². The molecule has 0 radical (unpaired) electrons. The first kappa shape index (κ1) is 21.6. The number of H-pyrrole nitrogens is 1. The lowest BCUT2D eigenvalue weighted by Crippen LogP contribution is -2.45. The fourth-order valence-electron chi connectivity index (χ4n) is 2.90. The van der Waals surface area contributed by atoms with Crippen LogP contribution in [0.5, 0.6) is 0 Å². The molecule has 0 bridgehead atoms. The van der Waals surface area contributed by atoms with E-state index in [9.17, 15) is 4.79 Å². The van der Waals surface area contributed by atoms with Crippen LogP contribution in [0.2, 0.25) is 0 Å². The van der Waals surface area contributed by atoms with E-state index in [1.165, 1.54) is 4.90 Å². The highest BCUT2D eigenvalue weighted by atomic mass is 35.5. The van der Waals surface area contributed by atoms with Crippen molar-refractivity contribution in [1.29, 1.82) is 5.41 Å². The Labute approximate surface area is 164 Å². The summed E-state index contributed by atoms with van der Waals surface area (Å²) in [5.74, 6) is -0.523. The normalized spacial score (nSPS) is 16.9. The van der Waals surface area contributed by atoms with E-state index in [1.54, 1.807) is 6.07 Å². The van der Waals surface area contributed by atoms with Crippen molar-refractivity contribution in [1.82, 2.24) is 14.8 Å². The average Bonchev–Trinajstić information content (AvgIpc) is 3.12. The molecule has 1 amide bonds.